The van der Waals surface area contributed by atoms with Crippen LogP contribution >= 0.6 is 12.6 Å². The van der Waals surface area contributed by atoms with Gasteiger partial charge in [0.15, 0.2) is 0 Å². The summed E-state index contributed by atoms with van der Waals surface area (Å²) >= 11 is 4.12. The fraction of sp³-hybridized carbons (Fsp3) is 0.812. The van der Waals surface area contributed by atoms with Crippen molar-refractivity contribution in [3.8, 4) is 0 Å². The largest absolute Gasteiger partial charge is 0.354 e. The van der Waals surface area contributed by atoms with Gasteiger partial charge in [0.1, 0.15) is 11.8 Å². The Morgan fingerprint density at radius 1 is 1.09 bits per heavy atom. The molecule has 0 unspecified atom stereocenters. The van der Waals surface area contributed by atoms with Crippen molar-refractivity contribution in [3.05, 3.63) is 0 Å². The molecular formula is C16H31N3O3S. The number of unbranched alkanes of at least 4 members (excludes halogenated alkanes) is 1. The van der Waals surface area contributed by atoms with Crippen LogP contribution in [-0.2, 0) is 14.4 Å². The van der Waals surface area contributed by atoms with Crippen LogP contribution in [0.2, 0.25) is 0 Å². The molecule has 0 aliphatic carbocycles. The molecule has 0 aromatic carbocycles. The van der Waals surface area contributed by atoms with Crippen molar-refractivity contribution in [2.45, 2.75) is 45.1 Å². The van der Waals surface area contributed by atoms with Crippen LogP contribution < -0.4 is 5.32 Å². The topological polar surface area (TPSA) is 69.7 Å². The Bertz CT molecular complexity index is 389. The van der Waals surface area contributed by atoms with E-state index in [4.69, 9.17) is 0 Å². The SMILES string of the molecule is CC(=O)C[C@@H](C(=O)NCCCN(C)C)N(C)C(=O)CCCCS. The molecule has 0 spiro atoms. The number of amides is 2. The molecule has 7 heteroatoms. The molecule has 1 N–H and O–H groups in total. The summed E-state index contributed by atoms with van der Waals surface area (Å²) in [5.41, 5.74) is 0. The summed E-state index contributed by atoms with van der Waals surface area (Å²) in [5.74, 6) is 0.263. The van der Waals surface area contributed by atoms with E-state index in [1.54, 1.807) is 7.05 Å². The zero-order valence-corrected chi connectivity index (χ0v) is 15.7. The number of thiol groups is 1. The zero-order valence-electron chi connectivity index (χ0n) is 14.8. The van der Waals surface area contributed by atoms with Crippen LogP contribution in [0.3, 0.4) is 0 Å². The predicted molar refractivity (Wildman–Crippen MR) is 95.7 cm³/mol. The molecule has 0 radical (unpaired) electrons. The third-order valence-corrected chi connectivity index (χ3v) is 3.84. The summed E-state index contributed by atoms with van der Waals surface area (Å²) in [6.45, 7) is 2.84. The molecule has 6 nitrogen and oxygen atoms in total. The van der Waals surface area contributed by atoms with E-state index in [-0.39, 0.29) is 24.0 Å². The average Bonchev–Trinajstić information content (AvgIpc) is 2.48. The molecular weight excluding hydrogens is 314 g/mol. The highest BCUT2D eigenvalue weighted by molar-refractivity contribution is 7.80. The van der Waals surface area contributed by atoms with Crippen molar-refractivity contribution in [2.75, 3.05) is 40.0 Å². The van der Waals surface area contributed by atoms with Crippen molar-refractivity contribution < 1.29 is 14.4 Å². The monoisotopic (exact) mass is 345 g/mol. The van der Waals surface area contributed by atoms with Crippen LogP contribution in [0.4, 0.5) is 0 Å². The van der Waals surface area contributed by atoms with E-state index in [1.807, 2.05) is 19.0 Å². The average molecular weight is 346 g/mol. The molecule has 1 atom stereocenters. The quantitative estimate of drug-likeness (QED) is 0.408. The molecule has 0 saturated heterocycles. The van der Waals surface area contributed by atoms with Crippen LogP contribution in [0.1, 0.15) is 39.0 Å². The van der Waals surface area contributed by atoms with E-state index in [0.717, 1.165) is 31.6 Å². The normalized spacial score (nSPS) is 12.1. The summed E-state index contributed by atoms with van der Waals surface area (Å²) in [6.07, 6.45) is 2.85. The van der Waals surface area contributed by atoms with E-state index in [9.17, 15) is 14.4 Å². The van der Waals surface area contributed by atoms with Crippen molar-refractivity contribution >= 4 is 30.2 Å². The molecule has 0 aromatic rings. The van der Waals surface area contributed by atoms with Crippen molar-refractivity contribution in [1.82, 2.24) is 15.1 Å². The lowest BCUT2D eigenvalue weighted by molar-refractivity contribution is -0.140. The van der Waals surface area contributed by atoms with Gasteiger partial charge in [-0.05, 0) is 52.6 Å². The van der Waals surface area contributed by atoms with Gasteiger partial charge in [-0.3, -0.25) is 14.4 Å². The number of Topliss-reactive ketones (excluding diaryl/α,β-unsaturated/α-hetero) is 1. The van der Waals surface area contributed by atoms with Crippen LogP contribution in [-0.4, -0.2) is 73.4 Å². The molecule has 0 rings (SSSR count). The van der Waals surface area contributed by atoms with Gasteiger partial charge >= 0.3 is 0 Å². The second-order valence-corrected chi connectivity index (χ2v) is 6.50. The minimum Gasteiger partial charge on any atom is -0.354 e. The van der Waals surface area contributed by atoms with Gasteiger partial charge in [-0.25, -0.2) is 0 Å². The van der Waals surface area contributed by atoms with Gasteiger partial charge in [0, 0.05) is 26.4 Å². The number of nitrogens with one attached hydrogen (secondary N) is 1. The van der Waals surface area contributed by atoms with Gasteiger partial charge in [0.2, 0.25) is 11.8 Å². The molecule has 0 fully saturated rings. The standard InChI is InChI=1S/C16H31N3O3S/c1-13(20)12-14(16(22)17-9-7-10-18(2)3)19(4)15(21)8-5-6-11-23/h14,23H,5-12H2,1-4H3,(H,17,22)/t14-/m0/s1. The Morgan fingerprint density at radius 3 is 2.26 bits per heavy atom. The maximum atomic E-state index is 12.3. The van der Waals surface area contributed by atoms with Gasteiger partial charge < -0.3 is 15.1 Å². The van der Waals surface area contributed by atoms with Gasteiger partial charge in [0.25, 0.3) is 0 Å². The Hall–Kier alpha value is -1.08. The van der Waals surface area contributed by atoms with Crippen molar-refractivity contribution in [1.29, 1.82) is 0 Å². The first-order chi connectivity index (χ1) is 10.8. The van der Waals surface area contributed by atoms with E-state index in [0.29, 0.717) is 13.0 Å². The smallest absolute Gasteiger partial charge is 0.243 e. The van der Waals surface area contributed by atoms with E-state index in [2.05, 4.69) is 17.9 Å². The predicted octanol–water partition coefficient (Wildman–Crippen LogP) is 0.961. The molecule has 0 aromatic heterocycles. The molecule has 0 aliphatic heterocycles. The Balaban J connectivity index is 4.55. The van der Waals surface area contributed by atoms with Gasteiger partial charge in [-0.15, -0.1) is 0 Å². The molecule has 0 heterocycles. The van der Waals surface area contributed by atoms with Gasteiger partial charge in [0.05, 0.1) is 0 Å². The molecule has 0 aliphatic rings. The number of likely N-dealkylation sites (N-methyl/N-ethyl adjacent to an activating group) is 1. The number of carbonyl (C=O) groups is 3. The summed E-state index contributed by atoms with van der Waals surface area (Å²) < 4.78 is 0. The molecule has 23 heavy (non-hydrogen) atoms. The number of rotatable bonds is 12. The fourth-order valence-electron chi connectivity index (χ4n) is 2.14. The second kappa shape index (κ2) is 12.4. The zero-order chi connectivity index (χ0) is 17.8. The summed E-state index contributed by atoms with van der Waals surface area (Å²) in [6, 6.07) is -0.727. The Kier molecular flexibility index (Phi) is 11.8. The van der Waals surface area contributed by atoms with E-state index >= 15 is 0 Å². The molecule has 0 bridgehead atoms. The highest BCUT2D eigenvalue weighted by Gasteiger charge is 2.27. The Morgan fingerprint density at radius 2 is 1.74 bits per heavy atom. The number of nitrogens with zero attached hydrogens (tertiary/aromatic N) is 2. The summed E-state index contributed by atoms with van der Waals surface area (Å²) in [5, 5.41) is 2.82. The highest BCUT2D eigenvalue weighted by atomic mass is 32.1. The van der Waals surface area contributed by atoms with Gasteiger partial charge in [-0.2, -0.15) is 12.6 Å². The number of hydrogen-bond donors (Lipinski definition) is 2. The molecule has 0 saturated carbocycles. The fourth-order valence-corrected chi connectivity index (χ4v) is 2.36. The van der Waals surface area contributed by atoms with Crippen LogP contribution in [0.25, 0.3) is 0 Å². The minimum absolute atomic E-state index is 0.0499. The summed E-state index contributed by atoms with van der Waals surface area (Å²) in [7, 11) is 5.53. The number of carbonyl (C=O) groups excluding carboxylic acids is 3. The molecule has 134 valence electrons. The lowest BCUT2D eigenvalue weighted by Gasteiger charge is -2.27. The number of hydrogen-bond acceptors (Lipinski definition) is 5. The van der Waals surface area contributed by atoms with Crippen LogP contribution in [0.5, 0.6) is 0 Å². The first-order valence-electron chi connectivity index (χ1n) is 8.08. The lowest BCUT2D eigenvalue weighted by Crippen LogP contribution is -2.48. The minimum atomic E-state index is -0.727. The maximum Gasteiger partial charge on any atom is 0.243 e. The first kappa shape index (κ1) is 21.9. The first-order valence-corrected chi connectivity index (χ1v) is 8.71. The highest BCUT2D eigenvalue weighted by Crippen LogP contribution is 2.08. The Labute approximate surface area is 145 Å². The second-order valence-electron chi connectivity index (χ2n) is 6.06. The number of ketones is 1. The van der Waals surface area contributed by atoms with Crippen LogP contribution in [0.15, 0.2) is 0 Å². The van der Waals surface area contributed by atoms with E-state index < -0.39 is 6.04 Å². The van der Waals surface area contributed by atoms with Crippen LogP contribution in [0, 0.1) is 0 Å². The van der Waals surface area contributed by atoms with Gasteiger partial charge in [-0.1, -0.05) is 0 Å². The molecule has 2 amide bonds. The van der Waals surface area contributed by atoms with E-state index in [1.165, 1.54) is 11.8 Å². The summed E-state index contributed by atoms with van der Waals surface area (Å²) in [4.78, 5) is 39.4. The maximum absolute atomic E-state index is 12.3. The van der Waals surface area contributed by atoms with Crippen molar-refractivity contribution in [2.24, 2.45) is 0 Å². The van der Waals surface area contributed by atoms with Crippen molar-refractivity contribution in [3.63, 3.8) is 0 Å². The third kappa shape index (κ3) is 10.3. The third-order valence-electron chi connectivity index (χ3n) is 3.52. The lowest BCUT2D eigenvalue weighted by atomic mass is 10.1.